The molecule has 0 fully saturated rings. The van der Waals surface area contributed by atoms with Crippen molar-refractivity contribution in [2.45, 2.75) is 46.0 Å². The summed E-state index contributed by atoms with van der Waals surface area (Å²) in [5.41, 5.74) is 4.21. The number of alkyl halides is 3. The van der Waals surface area contributed by atoms with Crippen molar-refractivity contribution in [3.63, 3.8) is 0 Å². The van der Waals surface area contributed by atoms with E-state index in [0.717, 1.165) is 35.3 Å². The molecule has 8 heteroatoms. The molecule has 0 spiro atoms. The molecule has 158 valence electrons. The molecule has 1 atom stereocenters. The van der Waals surface area contributed by atoms with Crippen molar-refractivity contribution in [2.75, 3.05) is 18.9 Å². The molecule has 1 aliphatic rings. The lowest BCUT2D eigenvalue weighted by Gasteiger charge is -2.29. The van der Waals surface area contributed by atoms with Crippen LogP contribution in [-0.2, 0) is 6.54 Å². The number of fused-ring (bicyclic) bond motifs is 1. The molecule has 0 aliphatic carbocycles. The Kier molecular flexibility index (Phi) is 7.47. The molecule has 1 unspecified atom stereocenters. The van der Waals surface area contributed by atoms with Crippen molar-refractivity contribution >= 4 is 17.7 Å². The van der Waals surface area contributed by atoms with E-state index in [2.05, 4.69) is 26.3 Å². The molecule has 0 saturated carbocycles. The van der Waals surface area contributed by atoms with Gasteiger partial charge in [0.1, 0.15) is 12.4 Å². The molecule has 2 N–H and O–H groups in total. The van der Waals surface area contributed by atoms with E-state index in [1.807, 2.05) is 27.0 Å². The highest BCUT2D eigenvalue weighted by atomic mass is 19.4. The van der Waals surface area contributed by atoms with Gasteiger partial charge in [-0.2, -0.15) is 13.2 Å². The number of allylic oxidation sites excluding steroid dienone is 3. The number of aliphatic imine (C=N–C) groups is 1. The van der Waals surface area contributed by atoms with Crippen LogP contribution in [0.5, 0.6) is 0 Å². The number of rotatable bonds is 7. The van der Waals surface area contributed by atoms with Crippen LogP contribution < -0.4 is 5.32 Å². The summed E-state index contributed by atoms with van der Waals surface area (Å²) < 4.78 is 37.6. The van der Waals surface area contributed by atoms with Gasteiger partial charge in [-0.1, -0.05) is 13.0 Å². The molecule has 0 amide bonds. The number of aliphatic hydroxyl groups is 1. The van der Waals surface area contributed by atoms with E-state index >= 15 is 0 Å². The number of nitrogens with zero attached hydrogens (tertiary/aromatic N) is 3. The largest absolute Gasteiger partial charge is 0.515 e. The van der Waals surface area contributed by atoms with Crippen molar-refractivity contribution in [2.24, 2.45) is 4.99 Å². The van der Waals surface area contributed by atoms with Crippen LogP contribution in [0.15, 0.2) is 46.8 Å². The van der Waals surface area contributed by atoms with Gasteiger partial charge in [0.25, 0.3) is 0 Å². The Bertz CT molecular complexity index is 841. The Balaban J connectivity index is 2.43. The summed E-state index contributed by atoms with van der Waals surface area (Å²) in [6.45, 7) is 4.95. The van der Waals surface area contributed by atoms with Crippen LogP contribution >= 0.6 is 0 Å². The van der Waals surface area contributed by atoms with Crippen LogP contribution in [0.1, 0.15) is 38.3 Å². The molecule has 1 aliphatic heterocycles. The van der Waals surface area contributed by atoms with Gasteiger partial charge >= 0.3 is 6.18 Å². The molecule has 2 heterocycles. The van der Waals surface area contributed by atoms with Gasteiger partial charge in [-0.25, -0.2) is 4.98 Å². The second kappa shape index (κ2) is 9.62. The molecule has 0 saturated heterocycles. The van der Waals surface area contributed by atoms with Crippen molar-refractivity contribution < 1.29 is 18.3 Å². The quantitative estimate of drug-likeness (QED) is 0.374. The Labute approximate surface area is 169 Å². The minimum atomic E-state index is -4.36. The second-order valence-electron chi connectivity index (χ2n) is 6.84. The van der Waals surface area contributed by atoms with E-state index in [1.165, 1.54) is 6.21 Å². The number of aromatic nitrogens is 1. The fraction of sp³-hybridized carbons (Fsp3) is 0.429. The van der Waals surface area contributed by atoms with E-state index < -0.39 is 12.7 Å². The summed E-state index contributed by atoms with van der Waals surface area (Å²) in [6, 6.07) is 1.68. The first kappa shape index (κ1) is 22.5. The van der Waals surface area contributed by atoms with Crippen molar-refractivity contribution in [3.8, 4) is 0 Å². The van der Waals surface area contributed by atoms with Crippen molar-refractivity contribution in [1.82, 2.24) is 9.88 Å². The van der Waals surface area contributed by atoms with Gasteiger partial charge in [0.2, 0.25) is 0 Å². The molecule has 29 heavy (non-hydrogen) atoms. The van der Waals surface area contributed by atoms with Gasteiger partial charge in [-0.05, 0) is 43.6 Å². The molecule has 0 radical (unpaired) electrons. The van der Waals surface area contributed by atoms with Crippen molar-refractivity contribution in [3.05, 3.63) is 53.0 Å². The third kappa shape index (κ3) is 5.62. The zero-order valence-corrected chi connectivity index (χ0v) is 17.1. The van der Waals surface area contributed by atoms with Crippen LogP contribution in [0.4, 0.5) is 19.0 Å². The minimum Gasteiger partial charge on any atom is -0.515 e. The van der Waals surface area contributed by atoms with Crippen LogP contribution in [0.3, 0.4) is 0 Å². The molecule has 1 aromatic heterocycles. The molecule has 2 rings (SSSR count). The molecule has 0 aromatic carbocycles. The highest BCUT2D eigenvalue weighted by Crippen LogP contribution is 2.38. The lowest BCUT2D eigenvalue weighted by molar-refractivity contribution is -0.118. The summed E-state index contributed by atoms with van der Waals surface area (Å²) >= 11 is 0. The fourth-order valence-corrected chi connectivity index (χ4v) is 3.28. The molecule has 0 bridgehead atoms. The molecular weight excluding hydrogens is 381 g/mol. The molecular formula is C21H27F3N4O. The summed E-state index contributed by atoms with van der Waals surface area (Å²) in [5, 5.41) is 12.4. The molecule has 5 nitrogen and oxygen atoms in total. The maximum absolute atomic E-state index is 12.5. The number of nitrogens with one attached hydrogen (secondary N) is 1. The minimum absolute atomic E-state index is 0.267. The first-order valence-corrected chi connectivity index (χ1v) is 9.43. The first-order valence-electron chi connectivity index (χ1n) is 9.43. The van der Waals surface area contributed by atoms with Crippen LogP contribution in [0.25, 0.3) is 5.70 Å². The van der Waals surface area contributed by atoms with Gasteiger partial charge in [0, 0.05) is 42.8 Å². The van der Waals surface area contributed by atoms with Crippen molar-refractivity contribution in [1.29, 1.82) is 0 Å². The smallest absolute Gasteiger partial charge is 0.407 e. The predicted octanol–water partition coefficient (Wildman–Crippen LogP) is 5.10. The van der Waals surface area contributed by atoms with E-state index in [1.54, 1.807) is 19.2 Å². The average molecular weight is 408 g/mol. The van der Waals surface area contributed by atoms with E-state index in [-0.39, 0.29) is 6.04 Å². The highest BCUT2D eigenvalue weighted by molar-refractivity contribution is 5.83. The fourth-order valence-electron chi connectivity index (χ4n) is 3.28. The summed E-state index contributed by atoms with van der Waals surface area (Å²) in [7, 11) is 1.81. The number of aliphatic hydroxyl groups excluding tert-OH is 1. The van der Waals surface area contributed by atoms with E-state index in [4.69, 9.17) is 0 Å². The lowest BCUT2D eigenvalue weighted by Crippen LogP contribution is -2.30. The Morgan fingerprint density at radius 1 is 1.45 bits per heavy atom. The second-order valence-corrected chi connectivity index (χ2v) is 6.84. The SMILES string of the molecule is CC/C=C1/c2ccnc(NC)c2CN1C(C)C(/C=N\CC(F)(F)F)=C/C(C)=C/O. The summed E-state index contributed by atoms with van der Waals surface area (Å²) in [6.07, 6.45) is 4.10. The normalized spacial score (nSPS) is 17.9. The monoisotopic (exact) mass is 408 g/mol. The van der Waals surface area contributed by atoms with Gasteiger partial charge in [0.15, 0.2) is 0 Å². The van der Waals surface area contributed by atoms with Gasteiger partial charge < -0.3 is 15.3 Å². The van der Waals surface area contributed by atoms with Gasteiger partial charge in [-0.3, -0.25) is 4.99 Å². The zero-order valence-electron chi connectivity index (χ0n) is 17.1. The predicted molar refractivity (Wildman–Crippen MR) is 111 cm³/mol. The number of halogens is 3. The summed E-state index contributed by atoms with van der Waals surface area (Å²) in [4.78, 5) is 10.1. The Morgan fingerprint density at radius 2 is 2.17 bits per heavy atom. The van der Waals surface area contributed by atoms with Crippen LogP contribution in [0, 0.1) is 0 Å². The maximum atomic E-state index is 12.5. The maximum Gasteiger partial charge on any atom is 0.407 e. The third-order valence-electron chi connectivity index (χ3n) is 4.66. The van der Waals surface area contributed by atoms with Gasteiger partial charge in [-0.15, -0.1) is 0 Å². The number of hydrogen-bond acceptors (Lipinski definition) is 5. The lowest BCUT2D eigenvalue weighted by atomic mass is 10.0. The average Bonchev–Trinajstić information content (AvgIpc) is 3.04. The first-order chi connectivity index (χ1) is 13.7. The zero-order chi connectivity index (χ0) is 21.6. The standard InChI is InChI=1S/C21H27F3N4O/c1-5-6-19-17-7-8-27-20(25-4)18(17)11-28(19)15(3)16(9-14(2)12-29)10-26-13-21(22,23)24/h6-10,12,15,29H,5,11,13H2,1-4H3,(H,25,27)/b14-12+,16-9+,19-6-,26-10-. The number of anilines is 1. The van der Waals surface area contributed by atoms with Crippen LogP contribution in [0.2, 0.25) is 0 Å². The number of hydrogen-bond donors (Lipinski definition) is 2. The van der Waals surface area contributed by atoms with Gasteiger partial charge in [0.05, 0.1) is 12.3 Å². The van der Waals surface area contributed by atoms with E-state index in [9.17, 15) is 18.3 Å². The van der Waals surface area contributed by atoms with E-state index in [0.29, 0.717) is 17.7 Å². The highest BCUT2D eigenvalue weighted by Gasteiger charge is 2.31. The van der Waals surface area contributed by atoms with Crippen LogP contribution in [-0.4, -0.2) is 47.0 Å². The topological polar surface area (TPSA) is 60.8 Å². The number of pyridine rings is 1. The third-order valence-corrected chi connectivity index (χ3v) is 4.66. The Morgan fingerprint density at radius 3 is 2.76 bits per heavy atom. The summed E-state index contributed by atoms with van der Waals surface area (Å²) in [5.74, 6) is 0.780. The molecule has 1 aromatic rings. The Hall–Kier alpha value is -2.77.